The van der Waals surface area contributed by atoms with Gasteiger partial charge in [0, 0.05) is 44.1 Å². The summed E-state index contributed by atoms with van der Waals surface area (Å²) in [5.74, 6) is 0. The van der Waals surface area contributed by atoms with Crippen molar-refractivity contribution in [1.29, 1.82) is 0 Å². The van der Waals surface area contributed by atoms with Crippen molar-refractivity contribution in [2.45, 2.75) is 17.9 Å². The molecule has 8 heteroatoms. The Bertz CT molecular complexity index is 630. The minimum absolute atomic E-state index is 0.0146. The Morgan fingerprint density at radius 3 is 2.70 bits per heavy atom. The van der Waals surface area contributed by atoms with E-state index < -0.39 is 14.8 Å². The van der Waals surface area contributed by atoms with Crippen molar-refractivity contribution in [2.24, 2.45) is 0 Å². The van der Waals surface area contributed by atoms with E-state index in [-0.39, 0.29) is 16.6 Å². The number of rotatable bonds is 3. The van der Waals surface area contributed by atoms with Gasteiger partial charge in [-0.25, -0.2) is 8.42 Å². The smallest absolute Gasteiger partial charge is 0.270 e. The quantitative estimate of drug-likeness (QED) is 0.655. The zero-order chi connectivity index (χ0) is 14.9. The molecule has 20 heavy (non-hydrogen) atoms. The molecule has 1 aromatic rings. The van der Waals surface area contributed by atoms with Crippen molar-refractivity contribution < 1.29 is 13.3 Å². The fraction of sp³-hybridized carbons (Fsp3) is 0.500. The Kier molecular flexibility index (Phi) is 3.96. The number of nitrogens with zero attached hydrogens (tertiary/aromatic N) is 2. The average molecular weight is 299 g/mol. The van der Waals surface area contributed by atoms with Gasteiger partial charge in [-0.2, -0.15) is 0 Å². The molecule has 2 rings (SSSR count). The zero-order valence-electron chi connectivity index (χ0n) is 11.4. The van der Waals surface area contributed by atoms with Gasteiger partial charge in [-0.3, -0.25) is 10.1 Å². The molecule has 110 valence electrons. The van der Waals surface area contributed by atoms with Gasteiger partial charge >= 0.3 is 0 Å². The van der Waals surface area contributed by atoms with Gasteiger partial charge in [0.1, 0.15) is 0 Å². The zero-order valence-corrected chi connectivity index (χ0v) is 12.2. The highest BCUT2D eigenvalue weighted by molar-refractivity contribution is 7.90. The van der Waals surface area contributed by atoms with E-state index in [1.807, 2.05) is 11.8 Å². The lowest BCUT2D eigenvalue weighted by atomic mass is 10.2. The van der Waals surface area contributed by atoms with Crippen LogP contribution in [-0.4, -0.2) is 45.3 Å². The van der Waals surface area contributed by atoms with E-state index in [1.165, 1.54) is 12.1 Å². The first-order valence-corrected chi connectivity index (χ1v) is 8.15. The molecule has 0 saturated carbocycles. The van der Waals surface area contributed by atoms with Gasteiger partial charge in [-0.05, 0) is 13.0 Å². The summed E-state index contributed by atoms with van der Waals surface area (Å²) in [6.07, 6.45) is 1.07. The standard InChI is InChI=1S/C12H17N3O4S/c1-9-8-14(6-5-13-9)11-4-3-10(15(16)17)7-12(11)20(2,18)19/h3-4,7,9,13H,5-6,8H2,1-2H3/t9-/m0/s1. The first kappa shape index (κ1) is 14.7. The Labute approximate surface area is 117 Å². The minimum atomic E-state index is -3.52. The predicted molar refractivity (Wildman–Crippen MR) is 75.9 cm³/mol. The van der Waals surface area contributed by atoms with Crippen LogP contribution in [0.4, 0.5) is 11.4 Å². The summed E-state index contributed by atoms with van der Waals surface area (Å²) >= 11 is 0. The molecule has 1 atom stereocenters. The monoisotopic (exact) mass is 299 g/mol. The minimum Gasteiger partial charge on any atom is -0.368 e. The summed E-state index contributed by atoms with van der Waals surface area (Å²) in [5, 5.41) is 14.1. The lowest BCUT2D eigenvalue weighted by Gasteiger charge is -2.34. The summed E-state index contributed by atoms with van der Waals surface area (Å²) in [6, 6.07) is 4.24. The molecular weight excluding hydrogens is 282 g/mol. The van der Waals surface area contributed by atoms with Crippen LogP contribution >= 0.6 is 0 Å². The molecule has 1 aromatic carbocycles. The van der Waals surface area contributed by atoms with Crippen molar-refractivity contribution in [2.75, 3.05) is 30.8 Å². The van der Waals surface area contributed by atoms with Crippen LogP contribution < -0.4 is 10.2 Å². The van der Waals surface area contributed by atoms with Gasteiger partial charge in [0.2, 0.25) is 0 Å². The largest absolute Gasteiger partial charge is 0.368 e. The van der Waals surface area contributed by atoms with E-state index in [2.05, 4.69) is 5.32 Å². The number of nitro groups is 1. The third kappa shape index (κ3) is 3.07. The number of benzene rings is 1. The normalized spacial score (nSPS) is 19.9. The highest BCUT2D eigenvalue weighted by Gasteiger charge is 2.24. The van der Waals surface area contributed by atoms with Crippen LogP contribution in [0.1, 0.15) is 6.92 Å². The third-order valence-corrected chi connectivity index (χ3v) is 4.39. The molecule has 0 bridgehead atoms. The lowest BCUT2D eigenvalue weighted by molar-refractivity contribution is -0.385. The summed E-state index contributed by atoms with van der Waals surface area (Å²) in [6.45, 7) is 4.10. The maximum Gasteiger partial charge on any atom is 0.270 e. The Hall–Kier alpha value is -1.67. The first-order chi connectivity index (χ1) is 9.29. The summed E-state index contributed by atoms with van der Waals surface area (Å²) in [7, 11) is -3.52. The molecular formula is C12H17N3O4S. The second kappa shape index (κ2) is 5.37. The molecule has 0 aliphatic carbocycles. The van der Waals surface area contributed by atoms with Crippen molar-refractivity contribution in [3.8, 4) is 0 Å². The molecule has 1 saturated heterocycles. The number of hydrogen-bond donors (Lipinski definition) is 1. The van der Waals surface area contributed by atoms with Crippen LogP contribution in [0.3, 0.4) is 0 Å². The maximum absolute atomic E-state index is 11.9. The van der Waals surface area contributed by atoms with Crippen LogP contribution in [0.15, 0.2) is 23.1 Å². The SMILES string of the molecule is C[C@H]1CN(c2ccc([N+](=O)[O-])cc2S(C)(=O)=O)CCN1. The molecule has 1 aliphatic heterocycles. The first-order valence-electron chi connectivity index (χ1n) is 6.26. The van der Waals surface area contributed by atoms with Crippen molar-refractivity contribution in [3.63, 3.8) is 0 Å². The Balaban J connectivity index is 2.49. The fourth-order valence-corrected chi connectivity index (χ4v) is 3.24. The number of sulfone groups is 1. The maximum atomic E-state index is 11.9. The van der Waals surface area contributed by atoms with Crippen molar-refractivity contribution in [3.05, 3.63) is 28.3 Å². The molecule has 0 aromatic heterocycles. The number of anilines is 1. The molecule has 1 aliphatic rings. The molecule has 7 nitrogen and oxygen atoms in total. The van der Waals surface area contributed by atoms with Gasteiger partial charge in [0.05, 0.1) is 15.5 Å². The summed E-state index contributed by atoms with van der Waals surface area (Å²) in [4.78, 5) is 12.2. The number of hydrogen-bond acceptors (Lipinski definition) is 6. The van der Waals surface area contributed by atoms with Gasteiger partial charge in [-0.15, -0.1) is 0 Å². The molecule has 0 amide bonds. The topological polar surface area (TPSA) is 92.5 Å². The van der Waals surface area contributed by atoms with E-state index >= 15 is 0 Å². The van der Waals surface area contributed by atoms with Crippen molar-refractivity contribution >= 4 is 21.2 Å². The number of nitrogens with one attached hydrogen (secondary N) is 1. The average Bonchev–Trinajstić information content (AvgIpc) is 2.37. The highest BCUT2D eigenvalue weighted by Crippen LogP contribution is 2.30. The second-order valence-electron chi connectivity index (χ2n) is 4.98. The summed E-state index contributed by atoms with van der Waals surface area (Å²) < 4.78 is 23.8. The van der Waals surface area contributed by atoms with Crippen LogP contribution in [0.2, 0.25) is 0 Å². The second-order valence-corrected chi connectivity index (χ2v) is 6.97. The van der Waals surface area contributed by atoms with Gasteiger partial charge in [-0.1, -0.05) is 0 Å². The highest BCUT2D eigenvalue weighted by atomic mass is 32.2. The Morgan fingerprint density at radius 1 is 1.45 bits per heavy atom. The summed E-state index contributed by atoms with van der Waals surface area (Å²) in [5.41, 5.74) is 0.323. The molecule has 0 unspecified atom stereocenters. The lowest BCUT2D eigenvalue weighted by Crippen LogP contribution is -2.49. The van der Waals surface area contributed by atoms with E-state index in [9.17, 15) is 18.5 Å². The fourth-order valence-electron chi connectivity index (χ4n) is 2.33. The Morgan fingerprint density at radius 2 is 2.15 bits per heavy atom. The van der Waals surface area contributed by atoms with Crippen LogP contribution in [0.5, 0.6) is 0 Å². The van der Waals surface area contributed by atoms with Gasteiger partial charge in [0.15, 0.2) is 9.84 Å². The number of nitro benzene ring substituents is 1. The molecule has 0 spiro atoms. The predicted octanol–water partition coefficient (Wildman–Crippen LogP) is 0.796. The van der Waals surface area contributed by atoms with E-state index in [0.717, 1.165) is 18.9 Å². The third-order valence-electron chi connectivity index (χ3n) is 3.26. The van der Waals surface area contributed by atoms with Gasteiger partial charge < -0.3 is 10.2 Å². The molecule has 1 fully saturated rings. The van der Waals surface area contributed by atoms with Crippen LogP contribution in [0.25, 0.3) is 0 Å². The number of non-ortho nitro benzene ring substituents is 1. The van der Waals surface area contributed by atoms with Crippen LogP contribution in [-0.2, 0) is 9.84 Å². The van der Waals surface area contributed by atoms with E-state index in [4.69, 9.17) is 0 Å². The number of piperazine rings is 1. The molecule has 1 N–H and O–H groups in total. The van der Waals surface area contributed by atoms with E-state index in [1.54, 1.807) is 0 Å². The molecule has 1 heterocycles. The van der Waals surface area contributed by atoms with Gasteiger partial charge in [0.25, 0.3) is 5.69 Å². The van der Waals surface area contributed by atoms with E-state index in [0.29, 0.717) is 18.8 Å². The molecule has 0 radical (unpaired) electrons. The van der Waals surface area contributed by atoms with Crippen LogP contribution in [0, 0.1) is 10.1 Å². The van der Waals surface area contributed by atoms with Crippen molar-refractivity contribution in [1.82, 2.24) is 5.32 Å².